The van der Waals surface area contributed by atoms with Crippen molar-refractivity contribution in [1.82, 2.24) is 15.2 Å². The van der Waals surface area contributed by atoms with Gasteiger partial charge in [0.15, 0.2) is 0 Å². The molecule has 2 N–H and O–H groups in total. The molecule has 1 atom stereocenters. The predicted octanol–water partition coefficient (Wildman–Crippen LogP) is 3.77. The molecule has 0 radical (unpaired) electrons. The molecule has 6 heteroatoms. The lowest BCUT2D eigenvalue weighted by atomic mass is 10.0. The standard InChI is InChI=1S/C20H20ClN3O2/c1-24(2)17(25)12-16(13-8-4-3-5-9-13)23-20(26)19-18(21)14-10-6-7-11-15(14)22-19/h3-11,16,22H,12H2,1-2H3,(H,23,26). The summed E-state index contributed by atoms with van der Waals surface area (Å²) in [5, 5.41) is 4.11. The highest BCUT2D eigenvalue weighted by Gasteiger charge is 2.23. The Kier molecular flexibility index (Phi) is 5.28. The van der Waals surface area contributed by atoms with Gasteiger partial charge in [0.2, 0.25) is 5.91 Å². The zero-order valence-electron chi connectivity index (χ0n) is 14.6. The van der Waals surface area contributed by atoms with Crippen molar-refractivity contribution < 1.29 is 9.59 Å². The summed E-state index contributed by atoms with van der Waals surface area (Å²) in [6.07, 6.45) is 0.167. The van der Waals surface area contributed by atoms with Crippen LogP contribution in [0.4, 0.5) is 0 Å². The molecule has 0 fully saturated rings. The fourth-order valence-corrected chi connectivity index (χ4v) is 3.09. The highest BCUT2D eigenvalue weighted by atomic mass is 35.5. The van der Waals surface area contributed by atoms with Crippen molar-refractivity contribution in [2.45, 2.75) is 12.5 Å². The van der Waals surface area contributed by atoms with E-state index in [2.05, 4.69) is 10.3 Å². The number of fused-ring (bicyclic) bond motifs is 1. The zero-order valence-corrected chi connectivity index (χ0v) is 15.4. The molecule has 0 aliphatic rings. The van der Waals surface area contributed by atoms with E-state index < -0.39 is 6.04 Å². The third kappa shape index (κ3) is 3.73. The quantitative estimate of drug-likeness (QED) is 0.719. The maximum absolute atomic E-state index is 12.8. The molecule has 0 aliphatic heterocycles. The number of hydrogen-bond acceptors (Lipinski definition) is 2. The number of aromatic amines is 1. The van der Waals surface area contributed by atoms with Crippen LogP contribution in [0.25, 0.3) is 10.9 Å². The molecule has 0 saturated carbocycles. The van der Waals surface area contributed by atoms with Crippen LogP contribution in [0.3, 0.4) is 0 Å². The number of rotatable bonds is 5. The number of H-pyrrole nitrogens is 1. The molecule has 2 aromatic carbocycles. The van der Waals surface area contributed by atoms with Gasteiger partial charge in [0.1, 0.15) is 5.69 Å². The highest BCUT2D eigenvalue weighted by Crippen LogP contribution is 2.28. The summed E-state index contributed by atoms with van der Waals surface area (Å²) in [6.45, 7) is 0. The summed E-state index contributed by atoms with van der Waals surface area (Å²) in [5.41, 5.74) is 1.96. The molecule has 3 rings (SSSR count). The summed E-state index contributed by atoms with van der Waals surface area (Å²) in [5.74, 6) is -0.409. The Hall–Kier alpha value is -2.79. The summed E-state index contributed by atoms with van der Waals surface area (Å²) in [7, 11) is 3.39. The summed E-state index contributed by atoms with van der Waals surface area (Å²) in [4.78, 5) is 29.6. The van der Waals surface area contributed by atoms with Crippen LogP contribution in [0.5, 0.6) is 0 Å². The second-order valence-electron chi connectivity index (χ2n) is 6.29. The van der Waals surface area contributed by atoms with Gasteiger partial charge in [0.05, 0.1) is 17.5 Å². The molecule has 3 aromatic rings. The summed E-state index contributed by atoms with van der Waals surface area (Å²) >= 11 is 6.37. The van der Waals surface area contributed by atoms with Crippen LogP contribution in [0.1, 0.15) is 28.5 Å². The third-order valence-corrected chi connectivity index (χ3v) is 4.65. The number of benzene rings is 2. The molecule has 1 aromatic heterocycles. The Morgan fingerprint density at radius 3 is 2.38 bits per heavy atom. The molecule has 26 heavy (non-hydrogen) atoms. The van der Waals surface area contributed by atoms with E-state index in [4.69, 9.17) is 11.6 Å². The minimum absolute atomic E-state index is 0.0677. The molecule has 0 aliphatic carbocycles. The smallest absolute Gasteiger partial charge is 0.269 e. The molecular formula is C20H20ClN3O2. The Morgan fingerprint density at radius 2 is 1.73 bits per heavy atom. The van der Waals surface area contributed by atoms with E-state index in [1.54, 1.807) is 14.1 Å². The lowest BCUT2D eigenvalue weighted by Gasteiger charge is -2.20. The van der Waals surface area contributed by atoms with Crippen LogP contribution in [-0.2, 0) is 4.79 Å². The van der Waals surface area contributed by atoms with Gasteiger partial charge in [-0.3, -0.25) is 9.59 Å². The van der Waals surface area contributed by atoms with Crippen molar-refractivity contribution in [3.05, 3.63) is 70.9 Å². The lowest BCUT2D eigenvalue weighted by Crippen LogP contribution is -2.33. The van der Waals surface area contributed by atoms with Crippen molar-refractivity contribution in [3.8, 4) is 0 Å². The fourth-order valence-electron chi connectivity index (χ4n) is 2.79. The van der Waals surface area contributed by atoms with Crippen molar-refractivity contribution in [3.63, 3.8) is 0 Å². The molecule has 1 unspecified atom stereocenters. The van der Waals surface area contributed by atoms with E-state index in [0.717, 1.165) is 16.5 Å². The van der Waals surface area contributed by atoms with Crippen LogP contribution in [0, 0.1) is 0 Å². The van der Waals surface area contributed by atoms with Crippen molar-refractivity contribution in [2.24, 2.45) is 0 Å². The lowest BCUT2D eigenvalue weighted by molar-refractivity contribution is -0.129. The minimum atomic E-state index is -0.443. The number of nitrogens with zero attached hydrogens (tertiary/aromatic N) is 1. The highest BCUT2D eigenvalue weighted by molar-refractivity contribution is 6.38. The number of carbonyl (C=O) groups is 2. The SMILES string of the molecule is CN(C)C(=O)CC(NC(=O)c1[nH]c2ccccc2c1Cl)c1ccccc1. The van der Waals surface area contributed by atoms with E-state index in [1.165, 1.54) is 4.90 Å². The number of hydrogen-bond donors (Lipinski definition) is 2. The predicted molar refractivity (Wildman–Crippen MR) is 103 cm³/mol. The normalized spacial score (nSPS) is 12.0. The fraction of sp³-hybridized carbons (Fsp3) is 0.200. The van der Waals surface area contributed by atoms with Gasteiger partial charge in [-0.25, -0.2) is 0 Å². The first kappa shape index (κ1) is 18.0. The summed E-state index contributed by atoms with van der Waals surface area (Å²) < 4.78 is 0. The van der Waals surface area contributed by atoms with Crippen LogP contribution in [0.15, 0.2) is 54.6 Å². The number of amides is 2. The van der Waals surface area contributed by atoms with Gasteiger partial charge in [-0.15, -0.1) is 0 Å². The largest absolute Gasteiger partial charge is 0.349 e. The monoisotopic (exact) mass is 369 g/mol. The molecule has 1 heterocycles. The maximum Gasteiger partial charge on any atom is 0.269 e. The summed E-state index contributed by atoms with van der Waals surface area (Å²) in [6, 6.07) is 16.4. The van der Waals surface area contributed by atoms with Gasteiger partial charge in [-0.05, 0) is 11.6 Å². The Bertz CT molecular complexity index is 935. The molecule has 0 spiro atoms. The van der Waals surface area contributed by atoms with E-state index in [-0.39, 0.29) is 18.2 Å². The van der Waals surface area contributed by atoms with Gasteiger partial charge in [0.25, 0.3) is 5.91 Å². The average Bonchev–Trinajstić information content (AvgIpc) is 2.99. The number of nitrogens with one attached hydrogen (secondary N) is 2. The first-order valence-electron chi connectivity index (χ1n) is 8.29. The molecule has 0 bridgehead atoms. The Morgan fingerprint density at radius 1 is 1.08 bits per heavy atom. The van der Waals surface area contributed by atoms with Crippen LogP contribution >= 0.6 is 11.6 Å². The Labute approximate surface area is 157 Å². The molecule has 2 amide bonds. The van der Waals surface area contributed by atoms with Crippen molar-refractivity contribution >= 4 is 34.3 Å². The minimum Gasteiger partial charge on any atom is -0.349 e. The second kappa shape index (κ2) is 7.62. The van der Waals surface area contributed by atoms with Gasteiger partial charge in [0, 0.05) is 25.0 Å². The van der Waals surface area contributed by atoms with Crippen LogP contribution in [-0.4, -0.2) is 35.8 Å². The van der Waals surface area contributed by atoms with Crippen molar-refractivity contribution in [1.29, 1.82) is 0 Å². The van der Waals surface area contributed by atoms with Crippen LogP contribution < -0.4 is 5.32 Å². The number of aromatic nitrogens is 1. The molecular weight excluding hydrogens is 350 g/mol. The first-order valence-corrected chi connectivity index (χ1v) is 8.67. The zero-order chi connectivity index (χ0) is 18.7. The topological polar surface area (TPSA) is 65.2 Å². The average molecular weight is 370 g/mol. The first-order chi connectivity index (χ1) is 12.5. The molecule has 134 valence electrons. The van der Waals surface area contributed by atoms with Gasteiger partial charge in [-0.2, -0.15) is 0 Å². The number of para-hydroxylation sites is 1. The van der Waals surface area contributed by atoms with E-state index in [1.807, 2.05) is 54.6 Å². The van der Waals surface area contributed by atoms with E-state index >= 15 is 0 Å². The van der Waals surface area contributed by atoms with E-state index in [9.17, 15) is 9.59 Å². The number of carbonyl (C=O) groups excluding carboxylic acids is 2. The number of halogens is 1. The Balaban J connectivity index is 1.88. The van der Waals surface area contributed by atoms with Crippen LogP contribution in [0.2, 0.25) is 5.02 Å². The molecule has 5 nitrogen and oxygen atoms in total. The third-order valence-electron chi connectivity index (χ3n) is 4.25. The van der Waals surface area contributed by atoms with Gasteiger partial charge < -0.3 is 15.2 Å². The maximum atomic E-state index is 12.8. The second-order valence-corrected chi connectivity index (χ2v) is 6.67. The van der Waals surface area contributed by atoms with E-state index in [0.29, 0.717) is 10.7 Å². The molecule has 0 saturated heterocycles. The van der Waals surface area contributed by atoms with Gasteiger partial charge >= 0.3 is 0 Å². The van der Waals surface area contributed by atoms with Gasteiger partial charge in [-0.1, -0.05) is 60.1 Å². The van der Waals surface area contributed by atoms with Crippen molar-refractivity contribution in [2.75, 3.05) is 14.1 Å².